The number of aromatic nitrogens is 2. The lowest BCUT2D eigenvalue weighted by Gasteiger charge is -1.73. The number of thiol groups is 1. The molecule has 0 fully saturated rings. The molecule has 1 heterocycles. The Morgan fingerprint density at radius 2 is 2.50 bits per heavy atom. The van der Waals surface area contributed by atoms with Gasteiger partial charge in [0.15, 0.2) is 5.82 Å². The van der Waals surface area contributed by atoms with Crippen molar-refractivity contribution in [2.45, 2.75) is 12.7 Å². The van der Waals surface area contributed by atoms with Gasteiger partial charge in [0.2, 0.25) is 5.89 Å². The van der Waals surface area contributed by atoms with Gasteiger partial charge in [0, 0.05) is 6.92 Å². The predicted molar refractivity (Wildman–Crippen MR) is 31.7 cm³/mol. The van der Waals surface area contributed by atoms with Gasteiger partial charge in [-0.05, 0) is 0 Å². The molecule has 0 bridgehead atoms. The largest absolute Gasteiger partial charge is 0.340 e. The van der Waals surface area contributed by atoms with Gasteiger partial charge >= 0.3 is 0 Å². The van der Waals surface area contributed by atoms with E-state index in [9.17, 15) is 0 Å². The normalized spacial score (nSPS) is 9.75. The number of rotatable bonds is 1. The first-order valence-corrected chi connectivity index (χ1v) is 2.86. The van der Waals surface area contributed by atoms with E-state index in [1.807, 2.05) is 0 Å². The fourth-order valence-electron chi connectivity index (χ4n) is 0.406. The minimum Gasteiger partial charge on any atom is -0.340 e. The molecule has 0 unspecified atom stereocenters. The summed E-state index contributed by atoms with van der Waals surface area (Å²) in [5.74, 6) is 1.78. The summed E-state index contributed by atoms with van der Waals surface area (Å²) < 4.78 is 4.65. The van der Waals surface area contributed by atoms with Crippen LogP contribution in [-0.4, -0.2) is 10.1 Å². The van der Waals surface area contributed by atoms with Crippen molar-refractivity contribution in [3.05, 3.63) is 11.7 Å². The van der Waals surface area contributed by atoms with Crippen LogP contribution in [0.4, 0.5) is 0 Å². The van der Waals surface area contributed by atoms with Gasteiger partial charge in [-0.1, -0.05) is 5.16 Å². The number of hydrogen-bond donors (Lipinski definition) is 1. The topological polar surface area (TPSA) is 38.9 Å². The van der Waals surface area contributed by atoms with Crippen molar-refractivity contribution >= 4 is 12.6 Å². The lowest BCUT2D eigenvalue weighted by Crippen LogP contribution is -1.78. The van der Waals surface area contributed by atoms with Crippen molar-refractivity contribution in [1.29, 1.82) is 0 Å². The van der Waals surface area contributed by atoms with Gasteiger partial charge in [-0.2, -0.15) is 17.6 Å². The van der Waals surface area contributed by atoms with E-state index in [0.29, 0.717) is 17.5 Å². The molecule has 0 aliphatic carbocycles. The van der Waals surface area contributed by atoms with Crippen LogP contribution in [0.1, 0.15) is 11.7 Å². The smallest absolute Gasteiger partial charge is 0.223 e. The highest BCUT2D eigenvalue weighted by Crippen LogP contribution is 1.96. The Bertz CT molecular complexity index is 174. The van der Waals surface area contributed by atoms with Crippen LogP contribution in [0.25, 0.3) is 0 Å². The summed E-state index contributed by atoms with van der Waals surface area (Å²) in [7, 11) is 0. The molecule has 0 amide bonds. The van der Waals surface area contributed by atoms with E-state index in [1.165, 1.54) is 0 Å². The molecule has 1 aromatic heterocycles. The van der Waals surface area contributed by atoms with Gasteiger partial charge < -0.3 is 4.52 Å². The second kappa shape index (κ2) is 2.17. The van der Waals surface area contributed by atoms with Crippen LogP contribution in [0.15, 0.2) is 4.52 Å². The average molecular weight is 130 g/mol. The molecule has 0 aliphatic rings. The maximum absolute atomic E-state index is 4.65. The van der Waals surface area contributed by atoms with Gasteiger partial charge in [0.05, 0.1) is 5.75 Å². The van der Waals surface area contributed by atoms with E-state index in [-0.39, 0.29) is 0 Å². The average Bonchev–Trinajstić information content (AvgIpc) is 2.14. The lowest BCUT2D eigenvalue weighted by atomic mass is 10.7. The van der Waals surface area contributed by atoms with Crippen LogP contribution in [0.3, 0.4) is 0 Å². The maximum Gasteiger partial charge on any atom is 0.223 e. The van der Waals surface area contributed by atoms with E-state index < -0.39 is 0 Å². The number of nitrogens with zero attached hydrogens (tertiary/aromatic N) is 2. The predicted octanol–water partition coefficient (Wildman–Crippen LogP) is 0.808. The van der Waals surface area contributed by atoms with E-state index in [0.717, 1.165) is 0 Å². The Morgan fingerprint density at radius 3 is 2.75 bits per heavy atom. The first-order chi connectivity index (χ1) is 3.83. The van der Waals surface area contributed by atoms with Crippen molar-refractivity contribution in [3.63, 3.8) is 0 Å². The van der Waals surface area contributed by atoms with Gasteiger partial charge in [-0.15, -0.1) is 0 Å². The first-order valence-electron chi connectivity index (χ1n) is 2.23. The van der Waals surface area contributed by atoms with Crippen LogP contribution in [0.2, 0.25) is 0 Å². The molecule has 4 heteroatoms. The second-order valence-electron chi connectivity index (χ2n) is 1.39. The van der Waals surface area contributed by atoms with E-state index in [1.54, 1.807) is 6.92 Å². The highest BCUT2D eigenvalue weighted by molar-refractivity contribution is 7.79. The molecule has 3 nitrogen and oxygen atoms in total. The highest BCUT2D eigenvalue weighted by Gasteiger charge is 1.95. The second-order valence-corrected chi connectivity index (χ2v) is 1.70. The molecular weight excluding hydrogens is 124 g/mol. The highest BCUT2D eigenvalue weighted by atomic mass is 32.1. The van der Waals surface area contributed by atoms with Gasteiger partial charge in [-0.3, -0.25) is 0 Å². The van der Waals surface area contributed by atoms with Gasteiger partial charge in [-0.25, -0.2) is 0 Å². The van der Waals surface area contributed by atoms with E-state index in [4.69, 9.17) is 0 Å². The number of hydrogen-bond acceptors (Lipinski definition) is 4. The van der Waals surface area contributed by atoms with Crippen LogP contribution in [-0.2, 0) is 5.75 Å². The summed E-state index contributed by atoms with van der Waals surface area (Å²) in [5, 5.41) is 3.57. The molecule has 44 valence electrons. The molecule has 0 aliphatic heterocycles. The molecule has 0 atom stereocenters. The quantitative estimate of drug-likeness (QED) is 0.572. The van der Waals surface area contributed by atoms with E-state index in [2.05, 4.69) is 27.3 Å². The molecule has 0 N–H and O–H groups in total. The zero-order valence-corrected chi connectivity index (χ0v) is 5.35. The van der Waals surface area contributed by atoms with Crippen molar-refractivity contribution < 1.29 is 4.52 Å². The molecule has 0 saturated carbocycles. The third-order valence-electron chi connectivity index (χ3n) is 0.711. The van der Waals surface area contributed by atoms with Crippen molar-refractivity contribution in [3.8, 4) is 0 Å². The summed E-state index contributed by atoms with van der Waals surface area (Å²) in [6.45, 7) is 1.75. The van der Waals surface area contributed by atoms with Crippen molar-refractivity contribution in [2.24, 2.45) is 0 Å². The SMILES string of the molecule is Cc1nc(CS)no1. The Morgan fingerprint density at radius 1 is 1.75 bits per heavy atom. The van der Waals surface area contributed by atoms with Crippen molar-refractivity contribution in [2.75, 3.05) is 0 Å². The zero-order chi connectivity index (χ0) is 5.98. The summed E-state index contributed by atoms with van der Waals surface area (Å²) >= 11 is 3.94. The number of aryl methyl sites for hydroxylation is 1. The Hall–Kier alpha value is -0.510. The van der Waals surface area contributed by atoms with Crippen LogP contribution in [0, 0.1) is 6.92 Å². The minimum absolute atomic E-state index is 0.539. The minimum atomic E-state index is 0.539. The zero-order valence-electron chi connectivity index (χ0n) is 4.46. The lowest BCUT2D eigenvalue weighted by molar-refractivity contribution is 0.389. The molecule has 1 aromatic rings. The van der Waals surface area contributed by atoms with Crippen LogP contribution in [0.5, 0.6) is 0 Å². The molecule has 0 saturated heterocycles. The third kappa shape index (κ3) is 1.01. The molecule has 0 spiro atoms. The van der Waals surface area contributed by atoms with E-state index >= 15 is 0 Å². The van der Waals surface area contributed by atoms with Crippen LogP contribution < -0.4 is 0 Å². The molecule has 1 rings (SSSR count). The van der Waals surface area contributed by atoms with Crippen molar-refractivity contribution in [1.82, 2.24) is 10.1 Å². The monoisotopic (exact) mass is 130 g/mol. The first kappa shape index (κ1) is 5.62. The molecule has 8 heavy (non-hydrogen) atoms. The maximum atomic E-state index is 4.65. The Balaban J connectivity index is 2.84. The van der Waals surface area contributed by atoms with Gasteiger partial charge in [0.1, 0.15) is 0 Å². The Labute approximate surface area is 52.5 Å². The third-order valence-corrected chi connectivity index (χ3v) is 0.994. The van der Waals surface area contributed by atoms with Gasteiger partial charge in [0.25, 0.3) is 0 Å². The fraction of sp³-hybridized carbons (Fsp3) is 0.500. The molecular formula is C4H6N2OS. The fourth-order valence-corrected chi connectivity index (χ4v) is 0.534. The standard InChI is InChI=1S/C4H6N2OS/c1-3-5-4(2-8)6-7-3/h8H,2H2,1H3. The summed E-state index contributed by atoms with van der Waals surface area (Å²) in [4.78, 5) is 3.88. The van der Waals surface area contributed by atoms with Crippen LogP contribution >= 0.6 is 12.6 Å². The molecule has 0 radical (unpaired) electrons. The summed E-state index contributed by atoms with van der Waals surface area (Å²) in [6, 6.07) is 0. The summed E-state index contributed by atoms with van der Waals surface area (Å²) in [5.41, 5.74) is 0. The summed E-state index contributed by atoms with van der Waals surface area (Å²) in [6.07, 6.45) is 0. The molecule has 0 aromatic carbocycles. The Kier molecular flexibility index (Phi) is 1.53.